The Morgan fingerprint density at radius 2 is 2.11 bits per heavy atom. The number of alkyl halides is 1. The highest BCUT2D eigenvalue weighted by Gasteiger charge is 2.31. The van der Waals surface area contributed by atoms with E-state index in [-0.39, 0.29) is 18.4 Å². The van der Waals surface area contributed by atoms with Gasteiger partial charge in [-0.3, -0.25) is 9.88 Å². The van der Waals surface area contributed by atoms with Gasteiger partial charge < -0.3 is 4.90 Å². The number of amides is 1. The lowest BCUT2D eigenvalue weighted by molar-refractivity contribution is 0.248. The first-order valence-electron chi connectivity index (χ1n) is 8.96. The third-order valence-corrected chi connectivity index (χ3v) is 5.02. The Kier molecular flexibility index (Phi) is 3.81. The molecule has 9 heteroatoms. The molecule has 0 aromatic carbocycles. The molecule has 1 unspecified atom stereocenters. The van der Waals surface area contributed by atoms with Crippen molar-refractivity contribution in [3.05, 3.63) is 54.4 Å². The molecule has 2 aliphatic rings. The van der Waals surface area contributed by atoms with Gasteiger partial charge in [-0.05, 0) is 30.7 Å². The van der Waals surface area contributed by atoms with Crippen molar-refractivity contribution in [3.63, 3.8) is 0 Å². The molecular weight excluding hydrogens is 366 g/mol. The Hall–Kier alpha value is -3.36. The van der Waals surface area contributed by atoms with Crippen molar-refractivity contribution in [2.75, 3.05) is 22.9 Å². The van der Waals surface area contributed by atoms with Gasteiger partial charge in [0, 0.05) is 24.5 Å². The Morgan fingerprint density at radius 3 is 2.79 bits per heavy atom. The quantitative estimate of drug-likeness (QED) is 0.697. The fourth-order valence-corrected chi connectivity index (χ4v) is 3.61. The van der Waals surface area contributed by atoms with E-state index < -0.39 is 12.0 Å². The molecule has 1 amide bonds. The van der Waals surface area contributed by atoms with E-state index in [1.807, 2.05) is 0 Å². The second-order valence-electron chi connectivity index (χ2n) is 6.87. The maximum absolute atomic E-state index is 14.5. The average molecular weight is 382 g/mol. The van der Waals surface area contributed by atoms with Crippen molar-refractivity contribution in [1.82, 2.24) is 19.7 Å². The van der Waals surface area contributed by atoms with E-state index in [0.29, 0.717) is 42.1 Å². The first-order valence-corrected chi connectivity index (χ1v) is 8.96. The summed E-state index contributed by atoms with van der Waals surface area (Å²) in [4.78, 5) is 24.0. The smallest absolute Gasteiger partial charge is 0.349 e. The number of anilines is 2. The summed E-state index contributed by atoms with van der Waals surface area (Å²) >= 11 is 0. The van der Waals surface area contributed by atoms with Crippen LogP contribution in [-0.2, 0) is 6.54 Å². The lowest BCUT2D eigenvalue weighted by atomic mass is 10.2. The minimum absolute atomic E-state index is 0.148. The maximum Gasteiger partial charge on any atom is 0.349 e. The SMILES string of the molecule is O=C1N(c2cccnc2)Cc2cc(-c3cnc(N4CCC(F)C4)c(F)c3)nn21. The molecule has 0 aliphatic carbocycles. The van der Waals surface area contributed by atoms with E-state index >= 15 is 0 Å². The largest absolute Gasteiger partial charge is 0.351 e. The van der Waals surface area contributed by atoms with Crippen molar-refractivity contribution in [2.45, 2.75) is 19.1 Å². The van der Waals surface area contributed by atoms with Gasteiger partial charge in [0.1, 0.15) is 6.17 Å². The van der Waals surface area contributed by atoms with E-state index in [0.717, 1.165) is 0 Å². The van der Waals surface area contributed by atoms with Crippen LogP contribution in [0.1, 0.15) is 12.1 Å². The molecule has 0 spiro atoms. The molecule has 1 saturated heterocycles. The van der Waals surface area contributed by atoms with E-state index in [4.69, 9.17) is 0 Å². The fourth-order valence-electron chi connectivity index (χ4n) is 3.61. The molecule has 7 nitrogen and oxygen atoms in total. The van der Waals surface area contributed by atoms with Gasteiger partial charge in [-0.2, -0.15) is 9.78 Å². The van der Waals surface area contributed by atoms with Gasteiger partial charge >= 0.3 is 6.03 Å². The zero-order chi connectivity index (χ0) is 19.3. The van der Waals surface area contributed by atoms with E-state index in [1.165, 1.54) is 16.9 Å². The fraction of sp³-hybridized carbons (Fsp3) is 0.263. The van der Waals surface area contributed by atoms with Crippen LogP contribution in [0.15, 0.2) is 42.9 Å². The second-order valence-corrected chi connectivity index (χ2v) is 6.87. The van der Waals surface area contributed by atoms with Gasteiger partial charge in [-0.15, -0.1) is 0 Å². The number of fused-ring (bicyclic) bond motifs is 1. The molecule has 3 aromatic rings. The predicted molar refractivity (Wildman–Crippen MR) is 98.4 cm³/mol. The molecule has 5 rings (SSSR count). The van der Waals surface area contributed by atoms with Crippen LogP contribution < -0.4 is 9.80 Å². The second kappa shape index (κ2) is 6.36. The van der Waals surface area contributed by atoms with Crippen LogP contribution >= 0.6 is 0 Å². The van der Waals surface area contributed by atoms with Crippen LogP contribution in [0, 0.1) is 5.82 Å². The Morgan fingerprint density at radius 1 is 1.21 bits per heavy atom. The summed E-state index contributed by atoms with van der Waals surface area (Å²) in [5.74, 6) is -0.377. The molecule has 2 aliphatic heterocycles. The van der Waals surface area contributed by atoms with Crippen molar-refractivity contribution in [2.24, 2.45) is 0 Å². The molecule has 0 saturated carbocycles. The Balaban J connectivity index is 1.41. The highest BCUT2D eigenvalue weighted by Crippen LogP contribution is 2.30. The number of aromatic nitrogens is 4. The molecule has 5 heterocycles. The summed E-state index contributed by atoms with van der Waals surface area (Å²) in [5, 5.41) is 4.32. The third-order valence-electron chi connectivity index (χ3n) is 5.02. The Labute approximate surface area is 159 Å². The first kappa shape index (κ1) is 16.8. The van der Waals surface area contributed by atoms with Crippen LogP contribution in [-0.4, -0.2) is 45.0 Å². The number of halogens is 2. The highest BCUT2D eigenvalue weighted by atomic mass is 19.1. The molecule has 142 valence electrons. The number of carbonyl (C=O) groups is 1. The standard InChI is InChI=1S/C19H16F2N6O/c20-13-3-5-25(10-13)18-16(21)6-12(8-23-18)17-7-15-11-26(19(28)27(15)24-17)14-2-1-4-22-9-14/h1-2,4,6-9,13H,3,5,10-11H2. The zero-order valence-corrected chi connectivity index (χ0v) is 14.8. The first-order chi connectivity index (χ1) is 13.6. The van der Waals surface area contributed by atoms with Gasteiger partial charge in [0.15, 0.2) is 11.6 Å². The summed E-state index contributed by atoms with van der Waals surface area (Å²) in [6.45, 7) is 0.958. The van der Waals surface area contributed by atoms with Crippen molar-refractivity contribution >= 4 is 17.5 Å². The highest BCUT2D eigenvalue weighted by molar-refractivity contribution is 5.96. The minimum Gasteiger partial charge on any atom is -0.351 e. The molecule has 1 fully saturated rings. The maximum atomic E-state index is 14.5. The van der Waals surface area contributed by atoms with E-state index in [2.05, 4.69) is 15.1 Å². The molecular formula is C19H16F2N6O. The number of rotatable bonds is 3. The normalized spacial score (nSPS) is 18.8. The predicted octanol–water partition coefficient (Wildman–Crippen LogP) is 3.02. The van der Waals surface area contributed by atoms with Crippen molar-refractivity contribution < 1.29 is 13.6 Å². The van der Waals surface area contributed by atoms with Crippen LogP contribution in [0.25, 0.3) is 11.3 Å². The zero-order valence-electron chi connectivity index (χ0n) is 14.8. The lowest BCUT2D eigenvalue weighted by Gasteiger charge is -2.17. The summed E-state index contributed by atoms with van der Waals surface area (Å²) in [5.41, 5.74) is 2.33. The number of carbonyl (C=O) groups excluding carboxylic acids is 1. The van der Waals surface area contributed by atoms with Crippen molar-refractivity contribution in [1.29, 1.82) is 0 Å². The summed E-state index contributed by atoms with van der Waals surface area (Å²) in [6, 6.07) is 6.35. The molecule has 0 bridgehead atoms. The minimum atomic E-state index is -0.953. The number of hydrogen-bond donors (Lipinski definition) is 0. The van der Waals surface area contributed by atoms with E-state index in [1.54, 1.807) is 40.4 Å². The van der Waals surface area contributed by atoms with Crippen LogP contribution in [0.5, 0.6) is 0 Å². The molecule has 0 N–H and O–H groups in total. The summed E-state index contributed by atoms with van der Waals surface area (Å²) < 4.78 is 29.2. The Bertz CT molecular complexity index is 1050. The van der Waals surface area contributed by atoms with Crippen LogP contribution in [0.3, 0.4) is 0 Å². The topological polar surface area (TPSA) is 67.2 Å². The molecule has 28 heavy (non-hydrogen) atoms. The molecule has 3 aromatic heterocycles. The van der Waals surface area contributed by atoms with Gasteiger partial charge in [0.25, 0.3) is 0 Å². The summed E-state index contributed by atoms with van der Waals surface area (Å²) in [7, 11) is 0. The molecule has 1 atom stereocenters. The number of hydrogen-bond acceptors (Lipinski definition) is 5. The third kappa shape index (κ3) is 2.70. The summed E-state index contributed by atoms with van der Waals surface area (Å²) in [6.07, 6.45) is 4.19. The van der Waals surface area contributed by atoms with Crippen molar-refractivity contribution in [3.8, 4) is 11.3 Å². The van der Waals surface area contributed by atoms with Gasteiger partial charge in [0.05, 0.1) is 36.4 Å². The lowest BCUT2D eigenvalue weighted by Crippen LogP contribution is -2.26. The monoisotopic (exact) mass is 382 g/mol. The average Bonchev–Trinajstić information content (AvgIpc) is 3.39. The van der Waals surface area contributed by atoms with E-state index in [9.17, 15) is 13.6 Å². The van der Waals surface area contributed by atoms with Gasteiger partial charge in [-0.1, -0.05) is 0 Å². The number of nitrogens with zero attached hydrogens (tertiary/aromatic N) is 6. The molecule has 0 radical (unpaired) electrons. The van der Waals surface area contributed by atoms with Gasteiger partial charge in [0.2, 0.25) is 0 Å². The van der Waals surface area contributed by atoms with Crippen LogP contribution in [0.2, 0.25) is 0 Å². The van der Waals surface area contributed by atoms with Gasteiger partial charge in [-0.25, -0.2) is 18.6 Å². The number of pyridine rings is 2. The van der Waals surface area contributed by atoms with Crippen LogP contribution in [0.4, 0.5) is 25.1 Å².